The van der Waals surface area contributed by atoms with Gasteiger partial charge in [0.05, 0.1) is 17.3 Å². The maximum atomic E-state index is 13.8. The number of pyridine rings is 1. The second kappa shape index (κ2) is 51.3. The number of hydrogen-bond acceptors (Lipinski definition) is 33. The number of nitriles is 1. The van der Waals surface area contributed by atoms with Gasteiger partial charge in [0.15, 0.2) is 75.3 Å². The van der Waals surface area contributed by atoms with Crippen molar-refractivity contribution in [1.29, 1.82) is 5.26 Å². The van der Waals surface area contributed by atoms with Gasteiger partial charge in [-0.05, 0) is 247 Å². The van der Waals surface area contributed by atoms with Crippen LogP contribution in [-0.2, 0) is 24.0 Å². The third-order valence-electron chi connectivity index (χ3n) is 21.4. The largest absolute Gasteiger partial charge is 0.477 e. The van der Waals surface area contributed by atoms with Gasteiger partial charge >= 0.3 is 5.97 Å². The van der Waals surface area contributed by atoms with Crippen LogP contribution in [0, 0.1) is 34.6 Å². The summed E-state index contributed by atoms with van der Waals surface area (Å²) in [4.78, 5) is 165. The van der Waals surface area contributed by atoms with Crippen molar-refractivity contribution in [1.82, 2.24) is 60.1 Å². The summed E-state index contributed by atoms with van der Waals surface area (Å²) in [5.41, 5.74) is 26.0. The normalized spacial score (nSPS) is 12.4. The van der Waals surface area contributed by atoms with Crippen LogP contribution >= 0.6 is 11.6 Å². The number of aromatic nitrogens is 11. The summed E-state index contributed by atoms with van der Waals surface area (Å²) in [6.45, 7) is 15.0. The number of carboxylic acid groups (broad SMARTS) is 1. The Labute approximate surface area is 859 Å². The van der Waals surface area contributed by atoms with E-state index in [9.17, 15) is 70.6 Å². The first-order valence-electron chi connectivity index (χ1n) is 45.5. The van der Waals surface area contributed by atoms with E-state index in [4.69, 9.17) is 63.5 Å². The fraction of sp³-hybridized carbons (Fsp3) is 0.159. The number of anilines is 5. The number of primary amides is 4. The van der Waals surface area contributed by atoms with E-state index >= 15 is 0 Å². The van der Waals surface area contributed by atoms with E-state index in [1.807, 2.05) is 6.07 Å². The van der Waals surface area contributed by atoms with E-state index in [-0.39, 0.29) is 104 Å². The highest BCUT2D eigenvalue weighted by Crippen LogP contribution is 2.35. The fourth-order valence-corrected chi connectivity index (χ4v) is 13.3. The number of carbonyl (C=O) groups is 10. The number of Topliss-reactive ketones (excluding diaryl/α,β-unsaturated/α-hetero) is 5. The lowest BCUT2D eigenvalue weighted by Crippen LogP contribution is -2.57. The third-order valence-corrected chi connectivity index (χ3v) is 21.6. The van der Waals surface area contributed by atoms with Crippen LogP contribution in [0.15, 0.2) is 261 Å². The number of nitrogens with one attached hydrogen (secondary N) is 5. The van der Waals surface area contributed by atoms with E-state index in [2.05, 4.69) is 81.4 Å². The van der Waals surface area contributed by atoms with E-state index in [0.717, 1.165) is 5.56 Å². The number of carbonyl (C=O) groups excluding carboxylic acids is 9. The maximum absolute atomic E-state index is 13.8. The van der Waals surface area contributed by atoms with E-state index < -0.39 is 65.6 Å². The molecule has 1 aliphatic rings. The van der Waals surface area contributed by atoms with Crippen LogP contribution in [0.5, 0.6) is 57.6 Å². The Morgan fingerprint density at radius 2 is 0.760 bits per heavy atom. The van der Waals surface area contributed by atoms with Gasteiger partial charge in [0, 0.05) is 129 Å². The molecule has 16 rings (SSSR count). The molecule has 0 spiro atoms. The Morgan fingerprint density at radius 1 is 0.407 bits per heavy atom. The number of hydrogen-bond donors (Lipinski definition) is 10. The third kappa shape index (κ3) is 31.8. The smallest absolute Gasteiger partial charge is 0.354 e. The van der Waals surface area contributed by atoms with Gasteiger partial charge in [-0.25, -0.2) is 77.2 Å². The predicted molar refractivity (Wildman–Crippen MR) is 548 cm³/mol. The molecule has 15 aromatic rings. The van der Waals surface area contributed by atoms with Crippen molar-refractivity contribution in [3.05, 3.63) is 323 Å². The zero-order valence-electron chi connectivity index (χ0n) is 81.4. The van der Waals surface area contributed by atoms with Crippen molar-refractivity contribution in [3.63, 3.8) is 0 Å². The number of ketones is 5. The molecule has 1 fully saturated rings. The topological polar surface area (TPSA) is 570 Å². The molecule has 6 aromatic heterocycles. The van der Waals surface area contributed by atoms with Crippen molar-refractivity contribution in [3.8, 4) is 121 Å². The first kappa shape index (κ1) is 109. The molecule has 14 N–H and O–H groups in total. The number of aromatic carboxylic acids is 1. The molecule has 0 bridgehead atoms. The number of piperazine rings is 1. The quantitative estimate of drug-likeness (QED) is 0.0132. The van der Waals surface area contributed by atoms with Gasteiger partial charge in [-0.1, -0.05) is 11.6 Å². The molecule has 1 aliphatic heterocycles. The van der Waals surface area contributed by atoms with Crippen molar-refractivity contribution < 1.29 is 94.3 Å². The van der Waals surface area contributed by atoms with Crippen LogP contribution < -0.4 is 78.1 Å². The lowest BCUT2D eigenvalue weighted by atomic mass is 10.1. The maximum Gasteiger partial charge on any atom is 0.354 e. The monoisotopic (exact) mass is 2050 g/mol. The standard InChI is InChI=1S/C23H22FN5O3.C21H18ClFN4O3.C21H19FN4O3.C21H18FN3O4.C21H18N6O3/c1-14(30)19-12-21(29-11-10-26-13-20(29)22(25)31)28-23(27-19)15-2-6-17(7-3-15)32-18-8-4-16(24)5-9-18;1-11(20(24)29)25-19-10-17(12(2)28)26-21(27-19)13-3-6-15(7-4-13)30-18-9-14(22)5-8-16(18)23;1-12(20(23)28)24-19-11-18(25-21(26-19)13(2)27)14-3-7-16(8-4-14)29-17-9-5-15(22)6-10-17;1-12(13(2)26)23-19-11-18(21(27)28)24-20(25-19)14-3-7-16(8-4-14)29-17-9-5-15(22)6-10-17;1-12(20(23)29)25-18-9-17(13(2)28)26-21(27-18)15-4-6-16(7-5-15)30-19-8-3-14(10-22)11-24-19/h2-9,12,20,26H,10-11,13H2,1H3,(H2,25,31);3-11H,1-2H3,(H2,24,29)(H,25,26,27);3-12H,1-2H3,(H2,23,28)(H,24,25,26);3-12H,1-2H3,(H,27,28)(H,23,24,25);3-9,11-12H,1-2H3,(H2,23,29)(H,25,26,27)/t;11-;3*12-/m.0000/s1. The Hall–Kier alpha value is -19.3. The molecule has 1 unspecified atom stereocenters. The Balaban J connectivity index is 0.000000166. The first-order valence-corrected chi connectivity index (χ1v) is 45.9. The number of nitrogens with zero attached hydrogens (tertiary/aromatic N) is 13. The summed E-state index contributed by atoms with van der Waals surface area (Å²) in [7, 11) is 0. The molecule has 1 saturated heterocycles. The van der Waals surface area contributed by atoms with Crippen LogP contribution in [0.1, 0.15) is 120 Å². The van der Waals surface area contributed by atoms with E-state index in [0.29, 0.717) is 139 Å². The molecule has 0 radical (unpaired) electrons. The van der Waals surface area contributed by atoms with Crippen molar-refractivity contribution in [2.75, 3.05) is 45.8 Å². The number of carboxylic acids is 1. The van der Waals surface area contributed by atoms with Crippen LogP contribution in [0.25, 0.3) is 56.8 Å². The van der Waals surface area contributed by atoms with Gasteiger partial charge in [0.2, 0.25) is 29.5 Å². The van der Waals surface area contributed by atoms with Crippen molar-refractivity contribution >= 4 is 99.2 Å². The van der Waals surface area contributed by atoms with Gasteiger partial charge in [-0.3, -0.25) is 43.2 Å². The highest BCUT2D eigenvalue weighted by atomic mass is 35.5. The zero-order valence-corrected chi connectivity index (χ0v) is 82.2. The molecule has 38 nitrogen and oxygen atoms in total. The molecular weight excluding hydrogens is 1960 g/mol. The number of rotatable bonds is 34. The van der Waals surface area contributed by atoms with Gasteiger partial charge in [-0.2, -0.15) is 5.26 Å². The summed E-state index contributed by atoms with van der Waals surface area (Å²) in [6, 6.07) is 64.7. The number of benzene rings is 9. The Kier molecular flexibility index (Phi) is 37.4. The van der Waals surface area contributed by atoms with Crippen LogP contribution in [0.2, 0.25) is 5.02 Å². The molecule has 0 aliphatic carbocycles. The second-order valence-corrected chi connectivity index (χ2v) is 33.4. The molecule has 0 saturated carbocycles. The van der Waals surface area contributed by atoms with Crippen molar-refractivity contribution in [2.45, 2.75) is 92.5 Å². The average molecular weight is 2060 g/mol. The van der Waals surface area contributed by atoms with Gasteiger partial charge in [-0.15, -0.1) is 0 Å². The zero-order chi connectivity index (χ0) is 108. The highest BCUT2D eigenvalue weighted by Gasteiger charge is 2.30. The summed E-state index contributed by atoms with van der Waals surface area (Å²) in [6.07, 6.45) is 1.42. The lowest BCUT2D eigenvalue weighted by Gasteiger charge is -2.35. The number of nitrogens with two attached hydrogens (primary N) is 4. The molecule has 5 atom stereocenters. The van der Waals surface area contributed by atoms with Gasteiger partial charge in [0.1, 0.15) is 140 Å². The molecule has 4 amide bonds. The minimum absolute atomic E-state index is 0.00278. The summed E-state index contributed by atoms with van der Waals surface area (Å²) in [5, 5.41) is 33.1. The Bertz CT molecular complexity index is 7320. The highest BCUT2D eigenvalue weighted by molar-refractivity contribution is 6.30. The second-order valence-electron chi connectivity index (χ2n) is 33.0. The number of ether oxygens (including phenoxy) is 5. The summed E-state index contributed by atoms with van der Waals surface area (Å²) < 4.78 is 81.1. The number of amides is 4. The lowest BCUT2D eigenvalue weighted by molar-refractivity contribution is -0.120. The van der Waals surface area contributed by atoms with Gasteiger partial charge < -0.3 is 83.2 Å². The minimum Gasteiger partial charge on any atom is -0.477 e. The van der Waals surface area contributed by atoms with Crippen LogP contribution in [0.4, 0.5) is 46.7 Å². The molecular formula is C107H95ClF4N22O16. The first-order chi connectivity index (χ1) is 71.6. The number of halogens is 5. The Morgan fingerprint density at radius 3 is 1.12 bits per heavy atom. The molecule has 150 heavy (non-hydrogen) atoms. The molecule has 764 valence electrons. The SMILES string of the molecule is CC(=O)[C@H](C)Nc1cc(C(=O)O)nc(-c2ccc(Oc3ccc(F)cc3)cc2)n1.CC(=O)c1cc(N2CCNCC2C(N)=O)nc(-c2ccc(Oc3ccc(F)cc3)cc2)n1.CC(=O)c1cc(N[C@@H](C)C(N)=O)nc(-c2ccc(Oc3cc(Cl)ccc3F)cc2)n1.CC(=O)c1cc(N[C@@H](C)C(N)=O)nc(-c2ccc(Oc3ccc(C#N)cn3)cc2)n1.CC(=O)c1nc(N[C@@H](C)C(N)=O)cc(-c2ccc(Oc3ccc(F)cc3)cc2)n1. The van der Waals surface area contributed by atoms with E-state index in [1.165, 1.54) is 150 Å². The average Bonchev–Trinajstić information content (AvgIpc) is 0.795. The summed E-state index contributed by atoms with van der Waals surface area (Å²) >= 11 is 5.87. The van der Waals surface area contributed by atoms with Crippen molar-refractivity contribution in [2.24, 2.45) is 22.9 Å². The van der Waals surface area contributed by atoms with Crippen LogP contribution in [-0.4, -0.2) is 168 Å². The van der Waals surface area contributed by atoms with Gasteiger partial charge in [0.25, 0.3) is 0 Å². The predicted octanol–water partition coefficient (Wildman–Crippen LogP) is 17.2. The fourth-order valence-electron chi connectivity index (χ4n) is 13.2. The minimum atomic E-state index is -1.21. The summed E-state index contributed by atoms with van der Waals surface area (Å²) in [5.74, 6) is 1.12. The van der Waals surface area contributed by atoms with Crippen LogP contribution in [0.3, 0.4) is 0 Å². The molecule has 9 aromatic carbocycles. The molecule has 43 heteroatoms. The molecule has 7 heterocycles. The van der Waals surface area contributed by atoms with E-state index in [1.54, 1.807) is 178 Å².